The highest BCUT2D eigenvalue weighted by Gasteiger charge is 2.36. The van der Waals surface area contributed by atoms with Crippen LogP contribution in [0.1, 0.15) is 71.7 Å². The van der Waals surface area contributed by atoms with Gasteiger partial charge in [-0.25, -0.2) is 4.98 Å². The molecule has 182 valence electrons. The van der Waals surface area contributed by atoms with Crippen molar-refractivity contribution in [2.45, 2.75) is 79.4 Å². The third-order valence-electron chi connectivity index (χ3n) is 6.09. The summed E-state index contributed by atoms with van der Waals surface area (Å²) in [5.74, 6) is 0.277. The lowest BCUT2D eigenvalue weighted by Crippen LogP contribution is -2.53. The molecule has 1 fully saturated rings. The maximum atomic E-state index is 12.5. The fraction of sp³-hybridized carbons (Fsp3) is 0.577. The van der Waals surface area contributed by atoms with E-state index >= 15 is 0 Å². The van der Waals surface area contributed by atoms with Gasteiger partial charge in [-0.05, 0) is 56.7 Å². The van der Waals surface area contributed by atoms with Crippen molar-refractivity contribution in [1.82, 2.24) is 20.5 Å². The minimum atomic E-state index is -0.0574. The van der Waals surface area contributed by atoms with E-state index in [-0.39, 0.29) is 23.4 Å². The number of amides is 2. The van der Waals surface area contributed by atoms with Gasteiger partial charge in [-0.3, -0.25) is 9.59 Å². The van der Waals surface area contributed by atoms with Gasteiger partial charge in [-0.2, -0.15) is 0 Å². The number of nitrogens with zero attached hydrogens (tertiary/aromatic N) is 2. The Kier molecular flexibility index (Phi) is 10.0. The average Bonchev–Trinajstić information content (AvgIpc) is 3.39. The molecular formula is C26H40N4O2S. The fourth-order valence-electron chi connectivity index (χ4n) is 4.09. The SMILES string of the molecule is CCNC(C(=O)N1CCCC1C)C(C)(C)C.Cc1ncsc1-c1ccc(C(C)NC=O)cc1. The molecule has 2 amide bonds. The summed E-state index contributed by atoms with van der Waals surface area (Å²) in [4.78, 5) is 30.3. The van der Waals surface area contributed by atoms with Crippen LogP contribution >= 0.6 is 11.3 Å². The van der Waals surface area contributed by atoms with E-state index in [1.807, 2.05) is 36.4 Å². The molecule has 0 bridgehead atoms. The van der Waals surface area contributed by atoms with Gasteiger partial charge in [-0.15, -0.1) is 11.3 Å². The van der Waals surface area contributed by atoms with Crippen molar-refractivity contribution in [3.63, 3.8) is 0 Å². The lowest BCUT2D eigenvalue weighted by Gasteiger charge is -2.35. The zero-order valence-electron chi connectivity index (χ0n) is 21.1. The third kappa shape index (κ3) is 7.37. The van der Waals surface area contributed by atoms with Gasteiger partial charge < -0.3 is 15.5 Å². The average molecular weight is 473 g/mol. The van der Waals surface area contributed by atoms with Crippen LogP contribution in [0.3, 0.4) is 0 Å². The first-order valence-corrected chi connectivity index (χ1v) is 12.7. The number of likely N-dealkylation sites (tertiary alicyclic amines) is 1. The van der Waals surface area contributed by atoms with Crippen LogP contribution in [0.2, 0.25) is 0 Å². The monoisotopic (exact) mass is 472 g/mol. The molecule has 7 heteroatoms. The summed E-state index contributed by atoms with van der Waals surface area (Å²) >= 11 is 1.64. The van der Waals surface area contributed by atoms with Gasteiger partial charge >= 0.3 is 0 Å². The maximum absolute atomic E-state index is 12.5. The first kappa shape index (κ1) is 27.0. The molecule has 1 saturated heterocycles. The molecule has 0 saturated carbocycles. The van der Waals surface area contributed by atoms with Gasteiger partial charge in [0.15, 0.2) is 0 Å². The van der Waals surface area contributed by atoms with Crippen molar-refractivity contribution in [3.05, 3.63) is 41.0 Å². The number of likely N-dealkylation sites (N-methyl/N-ethyl adjacent to an activating group) is 1. The highest BCUT2D eigenvalue weighted by Crippen LogP contribution is 2.28. The number of carbonyl (C=O) groups excluding carboxylic acids is 2. The Bertz CT molecular complexity index is 888. The van der Waals surface area contributed by atoms with Crippen molar-refractivity contribution < 1.29 is 9.59 Å². The van der Waals surface area contributed by atoms with E-state index in [0.717, 1.165) is 43.6 Å². The van der Waals surface area contributed by atoms with E-state index in [1.165, 1.54) is 10.4 Å². The van der Waals surface area contributed by atoms with Crippen LogP contribution in [0.15, 0.2) is 29.8 Å². The Morgan fingerprint density at radius 3 is 2.42 bits per heavy atom. The summed E-state index contributed by atoms with van der Waals surface area (Å²) in [7, 11) is 0. The van der Waals surface area contributed by atoms with Crippen molar-refractivity contribution in [2.75, 3.05) is 13.1 Å². The van der Waals surface area contributed by atoms with Gasteiger partial charge in [0, 0.05) is 12.6 Å². The summed E-state index contributed by atoms with van der Waals surface area (Å²) in [5.41, 5.74) is 5.17. The Morgan fingerprint density at radius 2 is 1.97 bits per heavy atom. The van der Waals surface area contributed by atoms with E-state index in [4.69, 9.17) is 0 Å². The minimum Gasteiger partial charge on any atom is -0.352 e. The van der Waals surface area contributed by atoms with Crippen molar-refractivity contribution >= 4 is 23.7 Å². The van der Waals surface area contributed by atoms with Crippen molar-refractivity contribution in [2.24, 2.45) is 5.41 Å². The fourth-order valence-corrected chi connectivity index (χ4v) is 4.91. The largest absolute Gasteiger partial charge is 0.352 e. The Balaban J connectivity index is 0.000000234. The lowest BCUT2D eigenvalue weighted by molar-refractivity contribution is -0.136. The van der Waals surface area contributed by atoms with Crippen LogP contribution in [0, 0.1) is 12.3 Å². The summed E-state index contributed by atoms with van der Waals surface area (Å²) < 4.78 is 0. The van der Waals surface area contributed by atoms with Crippen LogP contribution in [-0.2, 0) is 9.59 Å². The number of carbonyl (C=O) groups is 2. The van der Waals surface area contributed by atoms with Crippen LogP contribution in [0.5, 0.6) is 0 Å². The molecule has 3 atom stereocenters. The van der Waals surface area contributed by atoms with Gasteiger partial charge in [0.2, 0.25) is 12.3 Å². The standard InChI is InChI=1S/C13H14N2OS.C13H26N2O/c1-9(14-7-16)11-3-5-12(6-4-11)13-10(2)15-8-17-13;1-6-14-11(13(3,4)5)12(16)15-9-7-8-10(15)2/h3-9H,1-2H3,(H,14,16);10-11,14H,6-9H2,1-5H3. The smallest absolute Gasteiger partial charge is 0.240 e. The first-order valence-electron chi connectivity index (χ1n) is 11.8. The van der Waals surface area contributed by atoms with Crippen molar-refractivity contribution in [3.8, 4) is 10.4 Å². The molecule has 3 unspecified atom stereocenters. The zero-order valence-corrected chi connectivity index (χ0v) is 22.0. The number of hydrogen-bond acceptors (Lipinski definition) is 5. The summed E-state index contributed by atoms with van der Waals surface area (Å²) in [6, 6.07) is 8.61. The predicted molar refractivity (Wildman–Crippen MR) is 137 cm³/mol. The zero-order chi connectivity index (χ0) is 24.6. The molecular weight excluding hydrogens is 432 g/mol. The molecule has 1 aromatic heterocycles. The highest BCUT2D eigenvalue weighted by molar-refractivity contribution is 7.13. The van der Waals surface area contributed by atoms with Crippen LogP contribution < -0.4 is 10.6 Å². The third-order valence-corrected chi connectivity index (χ3v) is 7.07. The number of hydrogen-bond donors (Lipinski definition) is 2. The molecule has 1 aliphatic rings. The van der Waals surface area contributed by atoms with Gasteiger partial charge in [0.25, 0.3) is 0 Å². The first-order chi connectivity index (χ1) is 15.6. The number of rotatable bonds is 7. The molecule has 3 rings (SSSR count). The molecule has 0 aliphatic carbocycles. The number of aromatic nitrogens is 1. The normalized spacial score (nSPS) is 17.7. The second-order valence-electron chi connectivity index (χ2n) is 9.77. The number of thiazole rings is 1. The van der Waals surface area contributed by atoms with E-state index in [1.54, 1.807) is 11.3 Å². The molecule has 0 radical (unpaired) electrons. The summed E-state index contributed by atoms with van der Waals surface area (Å²) in [6.45, 7) is 16.3. The molecule has 6 nitrogen and oxygen atoms in total. The molecule has 1 aliphatic heterocycles. The number of benzene rings is 1. The lowest BCUT2D eigenvalue weighted by atomic mass is 9.85. The number of nitrogens with one attached hydrogen (secondary N) is 2. The quantitative estimate of drug-likeness (QED) is 0.559. The van der Waals surface area contributed by atoms with E-state index in [9.17, 15) is 9.59 Å². The van der Waals surface area contributed by atoms with Gasteiger partial charge in [0.05, 0.1) is 28.2 Å². The highest BCUT2D eigenvalue weighted by atomic mass is 32.1. The molecule has 0 spiro atoms. The Morgan fingerprint density at radius 1 is 1.30 bits per heavy atom. The summed E-state index contributed by atoms with van der Waals surface area (Å²) in [6.07, 6.45) is 3.02. The van der Waals surface area contributed by atoms with E-state index < -0.39 is 0 Å². The predicted octanol–water partition coefficient (Wildman–Crippen LogP) is 4.95. The molecule has 2 aromatic rings. The van der Waals surface area contributed by atoms with E-state index in [0.29, 0.717) is 6.04 Å². The topological polar surface area (TPSA) is 74.3 Å². The van der Waals surface area contributed by atoms with Gasteiger partial charge in [-0.1, -0.05) is 52.0 Å². The van der Waals surface area contributed by atoms with Crippen LogP contribution in [0.25, 0.3) is 10.4 Å². The second kappa shape index (κ2) is 12.3. The summed E-state index contributed by atoms with van der Waals surface area (Å²) in [5, 5.41) is 6.07. The molecule has 2 N–H and O–H groups in total. The molecule has 33 heavy (non-hydrogen) atoms. The minimum absolute atomic E-state index is 0.0184. The van der Waals surface area contributed by atoms with E-state index in [2.05, 4.69) is 62.4 Å². The van der Waals surface area contributed by atoms with Gasteiger partial charge in [0.1, 0.15) is 0 Å². The Hall–Kier alpha value is -2.25. The van der Waals surface area contributed by atoms with Crippen LogP contribution in [-0.4, -0.2) is 47.4 Å². The Labute approximate surface area is 203 Å². The molecule has 2 heterocycles. The molecule has 1 aromatic carbocycles. The second-order valence-corrected chi connectivity index (χ2v) is 10.6. The maximum Gasteiger partial charge on any atom is 0.240 e. The van der Waals surface area contributed by atoms with Crippen molar-refractivity contribution in [1.29, 1.82) is 0 Å². The van der Waals surface area contributed by atoms with Crippen LogP contribution in [0.4, 0.5) is 0 Å². The number of aryl methyl sites for hydroxylation is 1.